The van der Waals surface area contributed by atoms with Crippen LogP contribution >= 0.6 is 34.5 Å². The summed E-state index contributed by atoms with van der Waals surface area (Å²) in [5.74, 6) is -0.0254. The smallest absolute Gasteiger partial charge is 0.184 e. The van der Waals surface area contributed by atoms with Gasteiger partial charge in [0, 0.05) is 11.2 Å². The van der Waals surface area contributed by atoms with Crippen molar-refractivity contribution in [2.75, 3.05) is 0 Å². The first-order chi connectivity index (χ1) is 9.56. The Bertz CT molecular complexity index is 803. The van der Waals surface area contributed by atoms with Gasteiger partial charge in [0.2, 0.25) is 0 Å². The number of para-hydroxylation sites is 1. The highest BCUT2D eigenvalue weighted by Gasteiger charge is 2.16. The summed E-state index contributed by atoms with van der Waals surface area (Å²) in [5, 5.41) is 1.13. The van der Waals surface area contributed by atoms with Crippen LogP contribution in [0, 0.1) is 6.92 Å². The summed E-state index contributed by atoms with van der Waals surface area (Å²) in [6.45, 7) is 2.27. The second kappa shape index (κ2) is 5.24. The molecule has 0 unspecified atom stereocenters. The predicted octanol–water partition coefficient (Wildman–Crippen LogP) is 5.20. The summed E-state index contributed by atoms with van der Waals surface area (Å²) >= 11 is 13.2. The van der Waals surface area contributed by atoms with E-state index in [9.17, 15) is 4.79 Å². The minimum absolute atomic E-state index is 0.0254. The topological polar surface area (TPSA) is 22.0 Å². The number of nitrogens with zero attached hydrogens (tertiary/aromatic N) is 1. The molecule has 0 fully saturated rings. The van der Waals surface area contributed by atoms with Crippen molar-refractivity contribution < 1.29 is 4.79 Å². The summed E-state index contributed by atoms with van der Waals surface area (Å²) in [6, 6.07) is 11.7. The largest absolute Gasteiger partial charge is 0.337 e. The molecule has 102 valence electrons. The van der Waals surface area contributed by atoms with E-state index in [1.807, 2.05) is 35.8 Å². The van der Waals surface area contributed by atoms with Gasteiger partial charge in [0.05, 0.1) is 16.4 Å². The first kappa shape index (κ1) is 13.7. The van der Waals surface area contributed by atoms with Gasteiger partial charge in [-0.05, 0) is 30.5 Å². The molecule has 0 amide bonds. The van der Waals surface area contributed by atoms with Crippen molar-refractivity contribution in [3.05, 3.63) is 56.3 Å². The van der Waals surface area contributed by atoms with Gasteiger partial charge >= 0.3 is 0 Å². The quantitative estimate of drug-likeness (QED) is 0.607. The van der Waals surface area contributed by atoms with E-state index in [2.05, 4.69) is 6.07 Å². The Morgan fingerprint density at radius 1 is 1.25 bits per heavy atom. The summed E-state index contributed by atoms with van der Waals surface area (Å²) in [5.41, 5.74) is 2.60. The third kappa shape index (κ3) is 2.37. The van der Waals surface area contributed by atoms with Crippen LogP contribution in [0.2, 0.25) is 8.67 Å². The Kier molecular flexibility index (Phi) is 3.59. The number of hydrogen-bond acceptors (Lipinski definition) is 2. The third-order valence-electron chi connectivity index (χ3n) is 3.28. The van der Waals surface area contributed by atoms with Gasteiger partial charge in [-0.2, -0.15) is 0 Å². The van der Waals surface area contributed by atoms with Crippen LogP contribution in [0.25, 0.3) is 10.9 Å². The number of aryl methyl sites for hydroxylation is 1. The Morgan fingerprint density at radius 2 is 2.00 bits per heavy atom. The maximum atomic E-state index is 12.4. The molecule has 1 aromatic carbocycles. The van der Waals surface area contributed by atoms with Crippen LogP contribution in [0.15, 0.2) is 36.4 Å². The summed E-state index contributed by atoms with van der Waals surface area (Å²) < 4.78 is 2.99. The molecule has 0 radical (unpaired) electrons. The predicted molar refractivity (Wildman–Crippen MR) is 85.3 cm³/mol. The van der Waals surface area contributed by atoms with E-state index in [1.165, 1.54) is 11.3 Å². The molecule has 0 bridgehead atoms. The van der Waals surface area contributed by atoms with Crippen LogP contribution < -0.4 is 0 Å². The lowest BCUT2D eigenvalue weighted by Crippen LogP contribution is -2.11. The number of benzene rings is 1. The Labute approximate surface area is 130 Å². The van der Waals surface area contributed by atoms with E-state index in [0.29, 0.717) is 14.2 Å². The minimum atomic E-state index is -0.0254. The van der Waals surface area contributed by atoms with Gasteiger partial charge in [0.25, 0.3) is 0 Å². The van der Waals surface area contributed by atoms with Crippen molar-refractivity contribution in [2.45, 2.75) is 13.5 Å². The van der Waals surface area contributed by atoms with E-state index < -0.39 is 0 Å². The molecular weight excluding hydrogens is 313 g/mol. The van der Waals surface area contributed by atoms with Crippen molar-refractivity contribution in [3.63, 3.8) is 0 Å². The van der Waals surface area contributed by atoms with Crippen LogP contribution in [0.1, 0.15) is 16.1 Å². The highest BCUT2D eigenvalue weighted by Crippen LogP contribution is 2.32. The van der Waals surface area contributed by atoms with Crippen LogP contribution in [0.5, 0.6) is 0 Å². The summed E-state index contributed by atoms with van der Waals surface area (Å²) in [4.78, 5) is 12.4. The number of fused-ring (bicyclic) bond motifs is 1. The fourth-order valence-corrected chi connectivity index (χ4v) is 3.82. The monoisotopic (exact) mass is 323 g/mol. The molecule has 0 atom stereocenters. The van der Waals surface area contributed by atoms with Crippen LogP contribution in [0.4, 0.5) is 0 Å². The summed E-state index contributed by atoms with van der Waals surface area (Å²) in [6.07, 6.45) is 0. The number of Topliss-reactive ketones (excluding diaryl/α,β-unsaturated/α-hetero) is 1. The summed E-state index contributed by atoms with van der Waals surface area (Å²) in [7, 11) is 0. The number of ketones is 1. The van der Waals surface area contributed by atoms with Gasteiger partial charge in [-0.25, -0.2) is 0 Å². The number of hydrogen-bond donors (Lipinski definition) is 0. The molecule has 2 aromatic heterocycles. The van der Waals surface area contributed by atoms with Crippen molar-refractivity contribution in [2.24, 2.45) is 0 Å². The molecule has 2 nitrogen and oxygen atoms in total. The zero-order valence-electron chi connectivity index (χ0n) is 10.7. The van der Waals surface area contributed by atoms with Crippen LogP contribution in [0.3, 0.4) is 0 Å². The Balaban J connectivity index is 1.99. The van der Waals surface area contributed by atoms with E-state index in [1.54, 1.807) is 6.07 Å². The second-order valence-corrected chi connectivity index (χ2v) is 6.88. The van der Waals surface area contributed by atoms with Crippen molar-refractivity contribution >= 4 is 51.2 Å². The molecule has 3 rings (SSSR count). The molecule has 2 heterocycles. The minimum Gasteiger partial charge on any atom is -0.337 e. The lowest BCUT2D eigenvalue weighted by atomic mass is 10.2. The van der Waals surface area contributed by atoms with E-state index in [-0.39, 0.29) is 12.3 Å². The highest BCUT2D eigenvalue weighted by atomic mass is 35.5. The zero-order valence-corrected chi connectivity index (χ0v) is 13.0. The lowest BCUT2D eigenvalue weighted by molar-refractivity contribution is 0.0973. The average molecular weight is 324 g/mol. The Morgan fingerprint density at radius 3 is 2.70 bits per heavy atom. The standard InChI is InChI=1S/C15H11Cl2NOS/c1-9-6-10-4-2-3-5-12(10)18(9)8-13(19)11-7-14(16)20-15(11)17/h2-7H,8H2,1H3. The van der Waals surface area contributed by atoms with E-state index in [0.717, 1.165) is 16.6 Å². The number of rotatable bonds is 3. The average Bonchev–Trinajstić information content (AvgIpc) is 2.90. The van der Waals surface area contributed by atoms with Gasteiger partial charge < -0.3 is 4.57 Å². The molecule has 0 N–H and O–H groups in total. The normalized spacial score (nSPS) is 11.2. The van der Waals surface area contributed by atoms with Crippen molar-refractivity contribution in [3.8, 4) is 0 Å². The van der Waals surface area contributed by atoms with Gasteiger partial charge in [0.1, 0.15) is 4.34 Å². The maximum Gasteiger partial charge on any atom is 0.184 e. The van der Waals surface area contributed by atoms with Gasteiger partial charge in [-0.15, -0.1) is 11.3 Å². The molecule has 3 aromatic rings. The molecule has 0 aliphatic carbocycles. The van der Waals surface area contributed by atoms with E-state index in [4.69, 9.17) is 23.2 Å². The third-order valence-corrected chi connectivity index (χ3v) is 4.76. The molecule has 0 saturated heterocycles. The van der Waals surface area contributed by atoms with Crippen molar-refractivity contribution in [1.29, 1.82) is 0 Å². The molecule has 0 aliphatic heterocycles. The van der Waals surface area contributed by atoms with E-state index >= 15 is 0 Å². The van der Waals surface area contributed by atoms with Gasteiger partial charge in [0.15, 0.2) is 5.78 Å². The molecule has 0 spiro atoms. The molecule has 20 heavy (non-hydrogen) atoms. The van der Waals surface area contributed by atoms with Gasteiger partial charge in [-0.3, -0.25) is 4.79 Å². The van der Waals surface area contributed by atoms with Crippen LogP contribution in [-0.2, 0) is 6.54 Å². The second-order valence-electron chi connectivity index (χ2n) is 4.59. The van der Waals surface area contributed by atoms with Gasteiger partial charge in [-0.1, -0.05) is 41.4 Å². The SMILES string of the molecule is Cc1cc2ccccc2n1CC(=O)c1cc(Cl)sc1Cl. The Hall–Kier alpha value is -1.29. The number of thiophene rings is 1. The fraction of sp³-hybridized carbons (Fsp3) is 0.133. The number of carbonyl (C=O) groups excluding carboxylic acids is 1. The number of halogens is 2. The fourth-order valence-electron chi connectivity index (χ4n) is 2.32. The van der Waals surface area contributed by atoms with Crippen molar-refractivity contribution in [1.82, 2.24) is 4.57 Å². The maximum absolute atomic E-state index is 12.4. The highest BCUT2D eigenvalue weighted by molar-refractivity contribution is 7.20. The molecule has 0 saturated carbocycles. The number of carbonyl (C=O) groups is 1. The molecule has 0 aliphatic rings. The first-order valence-electron chi connectivity index (χ1n) is 6.09. The zero-order chi connectivity index (χ0) is 14.3. The molecular formula is C15H11Cl2NOS. The number of aromatic nitrogens is 1. The van der Waals surface area contributed by atoms with Crippen LogP contribution in [-0.4, -0.2) is 10.4 Å². The first-order valence-corrected chi connectivity index (χ1v) is 7.66. The lowest BCUT2D eigenvalue weighted by Gasteiger charge is -2.07. The molecule has 5 heteroatoms.